The number of likely N-dealkylation sites (tertiary alicyclic amines) is 1. The number of halogens is 2. The average molecular weight is 585 g/mol. The number of likely N-dealkylation sites (N-methyl/N-ethyl adjacent to an activating group) is 1. The largest absolute Gasteiger partial charge is 0.484 e. The van der Waals surface area contributed by atoms with Crippen molar-refractivity contribution in [3.05, 3.63) is 89.5 Å². The number of nitrogens with one attached hydrogen (secondary N) is 1. The van der Waals surface area contributed by atoms with E-state index in [1.54, 1.807) is 18.8 Å². The van der Waals surface area contributed by atoms with E-state index in [0.717, 1.165) is 43.4 Å². The summed E-state index contributed by atoms with van der Waals surface area (Å²) < 4.78 is 33.6. The first-order chi connectivity index (χ1) is 19.4. The van der Waals surface area contributed by atoms with E-state index in [1.165, 1.54) is 41.2 Å². The van der Waals surface area contributed by atoms with Gasteiger partial charge in [-0.05, 0) is 123 Å². The van der Waals surface area contributed by atoms with Gasteiger partial charge in [0.1, 0.15) is 17.4 Å². The molecule has 1 atom stereocenters. The predicted octanol–water partition coefficient (Wildman–Crippen LogP) is 7.23. The van der Waals surface area contributed by atoms with Gasteiger partial charge in [0.25, 0.3) is 5.91 Å². The Balaban J connectivity index is 1.23. The lowest BCUT2D eigenvalue weighted by molar-refractivity contribution is -0.122. The van der Waals surface area contributed by atoms with Crippen LogP contribution >= 0.6 is 23.5 Å². The van der Waals surface area contributed by atoms with Crippen LogP contribution in [0.3, 0.4) is 0 Å². The van der Waals surface area contributed by atoms with Gasteiger partial charge in [0, 0.05) is 28.8 Å². The van der Waals surface area contributed by atoms with Crippen molar-refractivity contribution < 1.29 is 18.3 Å². The number of ether oxygens (including phenoxy) is 1. The fraction of sp³-hybridized carbons (Fsp3) is 0.406. The number of benzene rings is 3. The van der Waals surface area contributed by atoms with Crippen LogP contribution in [0.5, 0.6) is 5.75 Å². The van der Waals surface area contributed by atoms with Crippen LogP contribution in [0.1, 0.15) is 42.7 Å². The summed E-state index contributed by atoms with van der Waals surface area (Å²) in [6.45, 7) is 3.05. The number of hydrogen-bond acceptors (Lipinski definition) is 5. The fourth-order valence-corrected chi connectivity index (χ4v) is 6.57. The van der Waals surface area contributed by atoms with E-state index < -0.39 is 11.6 Å². The van der Waals surface area contributed by atoms with Gasteiger partial charge in [0.05, 0.1) is 0 Å². The second-order valence-corrected chi connectivity index (χ2v) is 12.2. The molecule has 8 heteroatoms. The Labute approximate surface area is 245 Å². The van der Waals surface area contributed by atoms with Gasteiger partial charge in [-0.1, -0.05) is 12.1 Å². The van der Waals surface area contributed by atoms with Crippen LogP contribution in [0.15, 0.2) is 76.5 Å². The van der Waals surface area contributed by atoms with Crippen molar-refractivity contribution >= 4 is 29.4 Å². The summed E-state index contributed by atoms with van der Waals surface area (Å²) in [5.74, 6) is 1.24. The maximum absolute atomic E-state index is 14.1. The maximum atomic E-state index is 14.1. The summed E-state index contributed by atoms with van der Waals surface area (Å²) in [6.07, 6.45) is 6.40. The molecule has 214 valence electrons. The van der Waals surface area contributed by atoms with Gasteiger partial charge >= 0.3 is 0 Å². The summed E-state index contributed by atoms with van der Waals surface area (Å²) in [4.78, 5) is 16.2. The van der Waals surface area contributed by atoms with Crippen molar-refractivity contribution in [1.82, 2.24) is 10.2 Å². The van der Waals surface area contributed by atoms with Gasteiger partial charge in [-0.25, -0.2) is 8.78 Å². The monoisotopic (exact) mass is 584 g/mol. The highest BCUT2D eigenvalue weighted by Crippen LogP contribution is 2.32. The van der Waals surface area contributed by atoms with E-state index in [-0.39, 0.29) is 18.4 Å². The number of carbonyl (C=O) groups is 1. The van der Waals surface area contributed by atoms with Gasteiger partial charge in [0.2, 0.25) is 0 Å². The summed E-state index contributed by atoms with van der Waals surface area (Å²) in [5.41, 5.74) is 1.80. The van der Waals surface area contributed by atoms with E-state index in [4.69, 9.17) is 4.74 Å². The molecule has 4 nitrogen and oxygen atoms in total. The van der Waals surface area contributed by atoms with E-state index in [2.05, 4.69) is 34.5 Å². The summed E-state index contributed by atoms with van der Waals surface area (Å²) in [6, 6.07) is 20.2. The quantitative estimate of drug-likeness (QED) is 0.215. The van der Waals surface area contributed by atoms with Crippen LogP contribution in [-0.4, -0.2) is 56.1 Å². The first-order valence-electron chi connectivity index (χ1n) is 13.8. The number of piperidine rings is 1. The smallest absolute Gasteiger partial charge is 0.257 e. The highest BCUT2D eigenvalue weighted by Gasteiger charge is 2.22. The van der Waals surface area contributed by atoms with Crippen molar-refractivity contribution in [2.24, 2.45) is 5.92 Å². The second-order valence-electron chi connectivity index (χ2n) is 10.2. The zero-order valence-corrected chi connectivity index (χ0v) is 24.8. The molecule has 3 aromatic carbocycles. The predicted molar refractivity (Wildman–Crippen MR) is 162 cm³/mol. The molecule has 1 heterocycles. The topological polar surface area (TPSA) is 41.6 Å². The molecule has 1 N–H and O–H groups in total. The van der Waals surface area contributed by atoms with Crippen LogP contribution in [-0.2, 0) is 4.79 Å². The molecule has 0 spiro atoms. The first kappa shape index (κ1) is 30.4. The Morgan fingerprint density at radius 1 is 0.975 bits per heavy atom. The van der Waals surface area contributed by atoms with E-state index in [0.29, 0.717) is 17.2 Å². The second kappa shape index (κ2) is 15.5. The number of rotatable bonds is 13. The van der Waals surface area contributed by atoms with Crippen LogP contribution in [0.4, 0.5) is 8.78 Å². The molecule has 0 bridgehead atoms. The summed E-state index contributed by atoms with van der Waals surface area (Å²) in [5, 5.41) is 2.54. The average Bonchev–Trinajstić information content (AvgIpc) is 2.97. The van der Waals surface area contributed by atoms with Gasteiger partial charge < -0.3 is 15.0 Å². The van der Waals surface area contributed by atoms with Gasteiger partial charge in [-0.2, -0.15) is 0 Å². The van der Waals surface area contributed by atoms with Crippen molar-refractivity contribution in [2.75, 3.05) is 45.3 Å². The van der Waals surface area contributed by atoms with Gasteiger partial charge in [0.15, 0.2) is 6.61 Å². The molecule has 4 rings (SSSR count). The zero-order chi connectivity index (χ0) is 28.3. The molecule has 1 fully saturated rings. The first-order valence-corrected chi connectivity index (χ1v) is 16.0. The van der Waals surface area contributed by atoms with Gasteiger partial charge in [-0.15, -0.1) is 23.5 Å². The lowest BCUT2D eigenvalue weighted by atomic mass is 9.87. The molecule has 0 saturated carbocycles. The third kappa shape index (κ3) is 9.25. The molecular formula is C32H38F2N2O2S2. The number of carbonyl (C=O) groups excluding carboxylic acids is 1. The van der Waals surface area contributed by atoms with Crippen molar-refractivity contribution in [3.8, 4) is 5.75 Å². The molecule has 1 unspecified atom stereocenters. The molecular weight excluding hydrogens is 546 g/mol. The molecule has 1 aliphatic heterocycles. The van der Waals surface area contributed by atoms with E-state index >= 15 is 0 Å². The number of nitrogens with zero attached hydrogens (tertiary/aromatic N) is 1. The van der Waals surface area contributed by atoms with Gasteiger partial charge in [-0.3, -0.25) is 4.79 Å². The van der Waals surface area contributed by atoms with Crippen molar-refractivity contribution in [3.63, 3.8) is 0 Å². The number of hydrogen-bond donors (Lipinski definition) is 1. The third-order valence-electron chi connectivity index (χ3n) is 7.51. The molecule has 3 aromatic rings. The Hall–Kier alpha value is -2.55. The van der Waals surface area contributed by atoms with Crippen LogP contribution in [0, 0.1) is 17.6 Å². The molecule has 0 aliphatic carbocycles. The lowest BCUT2D eigenvalue weighted by Gasteiger charge is -2.33. The standard InChI is InChI=1S/C32H38F2N2O2S2/c1-35-32(37)22-38-28-5-9-30(10-6-28)40-18-14-23-11-15-36(16-12-23)17-13-31(24-3-7-29(39-2)8-4-24)25-19-26(33)21-27(34)20-25/h3-10,19-21,23,31H,11-18,22H2,1-2H3,(H,35,37). The minimum Gasteiger partial charge on any atom is -0.484 e. The Morgan fingerprint density at radius 2 is 1.62 bits per heavy atom. The molecule has 40 heavy (non-hydrogen) atoms. The Bertz CT molecular complexity index is 1200. The van der Waals surface area contributed by atoms with Crippen molar-refractivity contribution in [2.45, 2.75) is 41.4 Å². The molecule has 1 aliphatic rings. The summed E-state index contributed by atoms with van der Waals surface area (Å²) >= 11 is 3.54. The zero-order valence-electron chi connectivity index (χ0n) is 23.2. The summed E-state index contributed by atoms with van der Waals surface area (Å²) in [7, 11) is 1.59. The minimum absolute atomic E-state index is 0.0248. The Kier molecular flexibility index (Phi) is 11.7. The minimum atomic E-state index is -0.523. The maximum Gasteiger partial charge on any atom is 0.257 e. The normalized spacial score (nSPS) is 15.1. The van der Waals surface area contributed by atoms with Crippen LogP contribution in [0.25, 0.3) is 0 Å². The molecule has 0 radical (unpaired) electrons. The molecule has 1 amide bonds. The Morgan fingerprint density at radius 3 is 2.25 bits per heavy atom. The highest BCUT2D eigenvalue weighted by atomic mass is 32.2. The van der Waals surface area contributed by atoms with Crippen molar-refractivity contribution in [1.29, 1.82) is 0 Å². The number of amides is 1. The van der Waals surface area contributed by atoms with Crippen LogP contribution < -0.4 is 10.1 Å². The third-order valence-corrected chi connectivity index (χ3v) is 9.30. The molecule has 1 saturated heterocycles. The molecule has 0 aromatic heterocycles. The SMILES string of the molecule is CNC(=O)COc1ccc(SCCC2CCN(CCC(c3ccc(SC)cc3)c3cc(F)cc(F)c3)CC2)cc1. The fourth-order valence-electron chi connectivity index (χ4n) is 5.15. The highest BCUT2D eigenvalue weighted by molar-refractivity contribution is 7.99. The lowest BCUT2D eigenvalue weighted by Crippen LogP contribution is -2.35. The van der Waals surface area contributed by atoms with Crippen LogP contribution in [0.2, 0.25) is 0 Å². The number of thioether (sulfide) groups is 2. The van der Waals surface area contributed by atoms with E-state index in [9.17, 15) is 13.6 Å². The van der Waals surface area contributed by atoms with E-state index in [1.807, 2.05) is 42.3 Å².